The van der Waals surface area contributed by atoms with Crippen LogP contribution >= 0.6 is 23.2 Å². The van der Waals surface area contributed by atoms with E-state index in [0.717, 1.165) is 42.5 Å². The molecule has 220 valence electrons. The average Bonchev–Trinajstić information content (AvgIpc) is 3.71. The van der Waals surface area contributed by atoms with Crippen molar-refractivity contribution in [3.8, 4) is 28.8 Å². The molecule has 1 saturated carbocycles. The zero-order valence-corrected chi connectivity index (χ0v) is 25.5. The number of carbonyl (C=O) groups is 2. The Morgan fingerprint density at radius 1 is 1.00 bits per heavy atom. The van der Waals surface area contributed by atoms with Crippen LogP contribution in [0.1, 0.15) is 43.7 Å². The van der Waals surface area contributed by atoms with Crippen LogP contribution in [-0.4, -0.2) is 32.5 Å². The Labute approximate surface area is 265 Å². The van der Waals surface area contributed by atoms with E-state index in [1.54, 1.807) is 29.8 Å². The third-order valence-corrected chi connectivity index (χ3v) is 8.65. The number of hydrogen-bond donors (Lipinski definition) is 0. The summed E-state index contributed by atoms with van der Waals surface area (Å²) in [5.41, 5.74) is 4.48. The molecule has 2 heterocycles. The molecule has 7 nitrogen and oxygen atoms in total. The molecule has 3 aromatic carbocycles. The van der Waals surface area contributed by atoms with Crippen molar-refractivity contribution in [3.63, 3.8) is 0 Å². The smallest absolute Gasteiger partial charge is 0.271 e. The van der Waals surface area contributed by atoms with E-state index in [1.807, 2.05) is 66.9 Å². The number of carbonyl (C=O) groups excluding carboxylic acids is 2. The zero-order chi connectivity index (χ0) is 30.8. The summed E-state index contributed by atoms with van der Waals surface area (Å²) in [6.45, 7) is 1.94. The van der Waals surface area contributed by atoms with Crippen LogP contribution in [0.3, 0.4) is 0 Å². The molecule has 0 spiro atoms. The molecular formula is C35H28Cl2N4O3. The van der Waals surface area contributed by atoms with Gasteiger partial charge in [-0.1, -0.05) is 60.3 Å². The van der Waals surface area contributed by atoms with Gasteiger partial charge < -0.3 is 4.74 Å². The molecule has 2 amide bonds. The van der Waals surface area contributed by atoms with Crippen molar-refractivity contribution >= 4 is 41.1 Å². The fourth-order valence-electron chi connectivity index (χ4n) is 5.69. The van der Waals surface area contributed by atoms with E-state index in [-0.39, 0.29) is 24.1 Å². The van der Waals surface area contributed by atoms with Crippen molar-refractivity contribution in [1.82, 2.24) is 14.7 Å². The molecule has 4 aromatic rings. The van der Waals surface area contributed by atoms with E-state index < -0.39 is 5.91 Å². The van der Waals surface area contributed by atoms with Gasteiger partial charge in [0, 0.05) is 44.5 Å². The highest BCUT2D eigenvalue weighted by molar-refractivity contribution is 6.35. The zero-order valence-electron chi connectivity index (χ0n) is 24.0. The molecule has 1 aliphatic carbocycles. The van der Waals surface area contributed by atoms with Crippen molar-refractivity contribution in [2.45, 2.75) is 45.3 Å². The van der Waals surface area contributed by atoms with E-state index >= 15 is 0 Å². The summed E-state index contributed by atoms with van der Waals surface area (Å²) in [5, 5.41) is 15.9. The molecule has 0 radical (unpaired) electrons. The largest absolute Gasteiger partial charge is 0.489 e. The van der Waals surface area contributed by atoms with Crippen LogP contribution in [0.2, 0.25) is 10.0 Å². The lowest BCUT2D eigenvalue weighted by Gasteiger charge is -2.32. The van der Waals surface area contributed by atoms with Crippen molar-refractivity contribution in [2.75, 3.05) is 0 Å². The van der Waals surface area contributed by atoms with Crippen LogP contribution in [0.5, 0.6) is 5.75 Å². The van der Waals surface area contributed by atoms with Crippen molar-refractivity contribution in [3.05, 3.63) is 117 Å². The van der Waals surface area contributed by atoms with E-state index in [9.17, 15) is 14.9 Å². The highest BCUT2D eigenvalue weighted by Crippen LogP contribution is 2.35. The summed E-state index contributed by atoms with van der Waals surface area (Å²) in [5.74, 6) is -0.232. The average molecular weight is 624 g/mol. The van der Waals surface area contributed by atoms with Crippen LogP contribution < -0.4 is 4.74 Å². The molecule has 0 unspecified atom stereocenters. The standard InChI is InChI=1S/C35H28Cl2N4O3/c1-22-30(34(42)41(28-9-5-6-10-28)35(43)31(22)19-38)17-25-20-40(27-7-3-2-4-8-27)39-33(25)23-12-15-29(16-13-23)44-21-24-11-14-26(36)18-32(24)37/h2-4,7-8,11-18,20,28H,5-6,9-10,21H2,1H3/b30-17+. The number of benzene rings is 3. The van der Waals surface area contributed by atoms with Crippen molar-refractivity contribution < 1.29 is 14.3 Å². The highest BCUT2D eigenvalue weighted by atomic mass is 35.5. The van der Waals surface area contributed by atoms with Gasteiger partial charge in [-0.25, -0.2) is 4.68 Å². The molecule has 9 heteroatoms. The van der Waals surface area contributed by atoms with Gasteiger partial charge in [0.15, 0.2) is 0 Å². The normalized spacial score (nSPS) is 16.6. The molecule has 6 rings (SSSR count). The number of amides is 2. The minimum Gasteiger partial charge on any atom is -0.489 e. The molecule has 1 aromatic heterocycles. The lowest BCUT2D eigenvalue weighted by Crippen LogP contribution is -2.47. The summed E-state index contributed by atoms with van der Waals surface area (Å²) >= 11 is 12.3. The highest BCUT2D eigenvalue weighted by Gasteiger charge is 2.40. The number of para-hydroxylation sites is 1. The molecular weight excluding hydrogens is 595 g/mol. The maximum absolute atomic E-state index is 13.8. The summed E-state index contributed by atoms with van der Waals surface area (Å²) in [6, 6.07) is 24.3. The lowest BCUT2D eigenvalue weighted by atomic mass is 9.92. The Morgan fingerprint density at radius 3 is 2.41 bits per heavy atom. The number of hydrogen-bond acceptors (Lipinski definition) is 5. The molecule has 1 fully saturated rings. The minimum atomic E-state index is -0.505. The van der Waals surface area contributed by atoms with Gasteiger partial charge in [-0.3, -0.25) is 14.5 Å². The topological polar surface area (TPSA) is 88.2 Å². The molecule has 0 saturated heterocycles. The van der Waals surface area contributed by atoms with Gasteiger partial charge in [0.25, 0.3) is 11.8 Å². The summed E-state index contributed by atoms with van der Waals surface area (Å²) in [4.78, 5) is 28.3. The molecule has 2 aliphatic rings. The van der Waals surface area contributed by atoms with E-state index in [0.29, 0.717) is 38.2 Å². The second-order valence-electron chi connectivity index (χ2n) is 10.9. The van der Waals surface area contributed by atoms with Gasteiger partial charge >= 0.3 is 0 Å². The lowest BCUT2D eigenvalue weighted by molar-refractivity contribution is -0.143. The van der Waals surface area contributed by atoms with Crippen LogP contribution in [0, 0.1) is 11.3 Å². The van der Waals surface area contributed by atoms with E-state index in [4.69, 9.17) is 33.0 Å². The number of aromatic nitrogens is 2. The molecule has 0 atom stereocenters. The predicted molar refractivity (Wildman–Crippen MR) is 170 cm³/mol. The van der Waals surface area contributed by atoms with Crippen LogP contribution in [-0.2, 0) is 16.2 Å². The third-order valence-electron chi connectivity index (χ3n) is 8.06. The number of ether oxygens (including phenoxy) is 1. The Kier molecular flexibility index (Phi) is 8.38. The fraction of sp³-hybridized carbons (Fsp3) is 0.200. The van der Waals surface area contributed by atoms with Gasteiger partial charge in [-0.2, -0.15) is 10.4 Å². The summed E-state index contributed by atoms with van der Waals surface area (Å²) in [6.07, 6.45) is 7.00. The number of nitrogens with zero attached hydrogens (tertiary/aromatic N) is 4. The van der Waals surface area contributed by atoms with Crippen LogP contribution in [0.25, 0.3) is 23.0 Å². The van der Waals surface area contributed by atoms with Crippen molar-refractivity contribution in [2.24, 2.45) is 0 Å². The Balaban J connectivity index is 1.38. The Morgan fingerprint density at radius 2 is 1.73 bits per heavy atom. The quantitative estimate of drug-likeness (QED) is 0.154. The van der Waals surface area contributed by atoms with Gasteiger partial charge in [0.2, 0.25) is 0 Å². The van der Waals surface area contributed by atoms with E-state index in [1.165, 1.54) is 4.90 Å². The van der Waals surface area contributed by atoms with Gasteiger partial charge in [0.05, 0.1) is 11.4 Å². The number of imide groups is 1. The van der Waals surface area contributed by atoms with Gasteiger partial charge in [0.1, 0.15) is 24.0 Å². The molecule has 1 aliphatic heterocycles. The molecule has 0 bridgehead atoms. The van der Waals surface area contributed by atoms with Crippen LogP contribution in [0.4, 0.5) is 0 Å². The Hall–Kier alpha value is -4.64. The monoisotopic (exact) mass is 622 g/mol. The first-order valence-electron chi connectivity index (χ1n) is 14.4. The number of nitriles is 1. The molecule has 44 heavy (non-hydrogen) atoms. The fourth-order valence-corrected chi connectivity index (χ4v) is 6.15. The summed E-state index contributed by atoms with van der Waals surface area (Å²) < 4.78 is 7.72. The second kappa shape index (κ2) is 12.5. The SMILES string of the molecule is CC1=C(C#N)C(=O)N(C2CCCC2)C(=O)/C1=C/c1cn(-c2ccccc2)nc1-c1ccc(OCc2ccc(Cl)cc2Cl)cc1. The van der Waals surface area contributed by atoms with Crippen LogP contribution in [0.15, 0.2) is 95.7 Å². The number of halogens is 2. The first-order valence-corrected chi connectivity index (χ1v) is 15.1. The molecule has 0 N–H and O–H groups in total. The predicted octanol–water partition coefficient (Wildman–Crippen LogP) is 7.96. The summed E-state index contributed by atoms with van der Waals surface area (Å²) in [7, 11) is 0. The first kappa shape index (κ1) is 29.4. The maximum Gasteiger partial charge on any atom is 0.271 e. The third kappa shape index (κ3) is 5.79. The first-order chi connectivity index (χ1) is 21.3. The second-order valence-corrected chi connectivity index (χ2v) is 11.7. The van der Waals surface area contributed by atoms with E-state index in [2.05, 4.69) is 6.07 Å². The van der Waals surface area contributed by atoms with Crippen molar-refractivity contribution in [1.29, 1.82) is 5.26 Å². The minimum absolute atomic E-state index is 0.00189. The van der Waals surface area contributed by atoms with Gasteiger partial charge in [-0.05, 0) is 79.9 Å². The maximum atomic E-state index is 13.8. The Bertz CT molecular complexity index is 1850. The number of rotatable bonds is 7. The van der Waals surface area contributed by atoms with Gasteiger partial charge in [-0.15, -0.1) is 0 Å².